The summed E-state index contributed by atoms with van der Waals surface area (Å²) < 4.78 is 5.74. The highest BCUT2D eigenvalue weighted by atomic mass is 32.1. The fraction of sp³-hybridized carbons (Fsp3) is 0.222. The van der Waals surface area contributed by atoms with Crippen LogP contribution in [0, 0.1) is 0 Å². The average molecular weight is 324 g/mol. The average Bonchev–Trinajstić information content (AvgIpc) is 3.24. The first kappa shape index (κ1) is 14.2. The Balaban J connectivity index is 1.51. The summed E-state index contributed by atoms with van der Waals surface area (Å²) in [7, 11) is 0. The standard InChI is InChI=1S/C18H16N2O2S/c1-11(15-9-12-5-2-3-7-14(12)22-15)19-20-18(21)17-10-13-6-4-8-16(13)23-17/h2-3,5,7,9-10H,4,6,8H2,1H3,(H,20,21)/b19-11-. The lowest BCUT2D eigenvalue weighted by Crippen LogP contribution is -2.18. The number of aryl methyl sites for hydroxylation is 2. The van der Waals surface area contributed by atoms with Gasteiger partial charge in [-0.15, -0.1) is 11.3 Å². The van der Waals surface area contributed by atoms with Crippen molar-refractivity contribution < 1.29 is 9.21 Å². The predicted octanol–water partition coefficient (Wildman–Crippen LogP) is 4.14. The molecule has 4 rings (SSSR count). The Morgan fingerprint density at radius 1 is 1.26 bits per heavy atom. The number of hydrogen-bond acceptors (Lipinski definition) is 4. The van der Waals surface area contributed by atoms with E-state index in [0.29, 0.717) is 11.5 Å². The van der Waals surface area contributed by atoms with Gasteiger partial charge in [0.2, 0.25) is 0 Å². The van der Waals surface area contributed by atoms with Crippen LogP contribution in [0.2, 0.25) is 0 Å². The van der Waals surface area contributed by atoms with E-state index < -0.39 is 0 Å². The highest BCUT2D eigenvalue weighted by Gasteiger charge is 2.18. The van der Waals surface area contributed by atoms with E-state index in [1.807, 2.05) is 43.3 Å². The molecule has 3 aromatic rings. The van der Waals surface area contributed by atoms with Crippen LogP contribution < -0.4 is 5.43 Å². The molecule has 0 bridgehead atoms. The number of carbonyl (C=O) groups excluding carboxylic acids is 1. The lowest BCUT2D eigenvalue weighted by atomic mass is 10.2. The number of furan rings is 1. The number of carbonyl (C=O) groups is 1. The molecule has 1 aliphatic rings. The molecule has 0 atom stereocenters. The molecule has 116 valence electrons. The minimum atomic E-state index is -0.153. The van der Waals surface area contributed by atoms with E-state index in [9.17, 15) is 4.79 Å². The van der Waals surface area contributed by atoms with Gasteiger partial charge < -0.3 is 4.42 Å². The summed E-state index contributed by atoms with van der Waals surface area (Å²) in [5.74, 6) is 0.514. The number of para-hydroxylation sites is 1. The molecule has 0 fully saturated rings. The fourth-order valence-corrected chi connectivity index (χ4v) is 3.99. The minimum Gasteiger partial charge on any atom is -0.455 e. The number of amides is 1. The zero-order valence-corrected chi connectivity index (χ0v) is 13.6. The lowest BCUT2D eigenvalue weighted by molar-refractivity contribution is 0.0959. The van der Waals surface area contributed by atoms with Crippen LogP contribution in [0.5, 0.6) is 0 Å². The monoisotopic (exact) mass is 324 g/mol. The first-order valence-corrected chi connectivity index (χ1v) is 8.47. The topological polar surface area (TPSA) is 54.6 Å². The number of fused-ring (bicyclic) bond motifs is 2. The molecule has 1 aromatic carbocycles. The van der Waals surface area contributed by atoms with Crippen LogP contribution in [-0.4, -0.2) is 11.6 Å². The van der Waals surface area contributed by atoms with Gasteiger partial charge in [-0.05, 0) is 49.9 Å². The number of nitrogens with one attached hydrogen (secondary N) is 1. The van der Waals surface area contributed by atoms with Crippen molar-refractivity contribution in [3.63, 3.8) is 0 Å². The molecule has 2 aromatic heterocycles. The number of benzene rings is 1. The molecule has 0 unspecified atom stereocenters. The van der Waals surface area contributed by atoms with Gasteiger partial charge in [0, 0.05) is 10.3 Å². The van der Waals surface area contributed by atoms with Gasteiger partial charge in [-0.3, -0.25) is 4.79 Å². The van der Waals surface area contributed by atoms with E-state index in [-0.39, 0.29) is 5.91 Å². The maximum Gasteiger partial charge on any atom is 0.281 e. The van der Waals surface area contributed by atoms with Crippen LogP contribution in [-0.2, 0) is 12.8 Å². The molecule has 0 spiro atoms. The Hall–Kier alpha value is -2.40. The van der Waals surface area contributed by atoms with Gasteiger partial charge in [0.1, 0.15) is 11.3 Å². The van der Waals surface area contributed by atoms with E-state index >= 15 is 0 Å². The molecule has 0 saturated heterocycles. The fourth-order valence-electron chi connectivity index (χ4n) is 2.85. The SMILES string of the molecule is C/C(=N/NC(=O)c1cc2c(s1)CCC2)c1cc2ccccc2o1. The predicted molar refractivity (Wildman–Crippen MR) is 92.2 cm³/mol. The maximum absolute atomic E-state index is 12.2. The summed E-state index contributed by atoms with van der Waals surface area (Å²) in [6.45, 7) is 1.83. The second-order valence-electron chi connectivity index (χ2n) is 5.70. The largest absolute Gasteiger partial charge is 0.455 e. The quantitative estimate of drug-likeness (QED) is 0.581. The number of thiophene rings is 1. The highest BCUT2D eigenvalue weighted by Crippen LogP contribution is 2.30. The molecule has 1 N–H and O–H groups in total. The van der Waals surface area contributed by atoms with Gasteiger partial charge in [0.05, 0.1) is 4.88 Å². The molecule has 5 heteroatoms. The summed E-state index contributed by atoms with van der Waals surface area (Å²) in [6, 6.07) is 11.7. The van der Waals surface area contributed by atoms with E-state index in [1.165, 1.54) is 16.9 Å². The molecule has 0 saturated carbocycles. The second kappa shape index (κ2) is 5.66. The van der Waals surface area contributed by atoms with E-state index in [2.05, 4.69) is 10.5 Å². The van der Waals surface area contributed by atoms with Gasteiger partial charge in [-0.2, -0.15) is 5.10 Å². The Bertz CT molecular complexity index is 866. The molecule has 0 radical (unpaired) electrons. The summed E-state index contributed by atoms with van der Waals surface area (Å²) in [4.78, 5) is 14.3. The van der Waals surface area contributed by atoms with Gasteiger partial charge >= 0.3 is 0 Å². The van der Waals surface area contributed by atoms with Crippen molar-refractivity contribution in [1.29, 1.82) is 0 Å². The van der Waals surface area contributed by atoms with Gasteiger partial charge in [-0.25, -0.2) is 5.43 Å². The van der Waals surface area contributed by atoms with Crippen molar-refractivity contribution in [3.8, 4) is 0 Å². The smallest absolute Gasteiger partial charge is 0.281 e. The third-order valence-corrected chi connectivity index (χ3v) is 5.31. The number of hydrazone groups is 1. The normalized spacial score (nSPS) is 14.2. The summed E-state index contributed by atoms with van der Waals surface area (Å²) in [5.41, 5.74) is 5.42. The van der Waals surface area contributed by atoms with E-state index in [0.717, 1.165) is 28.7 Å². The lowest BCUT2D eigenvalue weighted by Gasteiger charge is -1.99. The highest BCUT2D eigenvalue weighted by molar-refractivity contribution is 7.14. The van der Waals surface area contributed by atoms with Crippen molar-refractivity contribution in [3.05, 3.63) is 57.5 Å². The second-order valence-corrected chi connectivity index (χ2v) is 6.84. The Morgan fingerprint density at radius 2 is 2.13 bits per heavy atom. The summed E-state index contributed by atoms with van der Waals surface area (Å²) >= 11 is 1.58. The minimum absolute atomic E-state index is 0.153. The van der Waals surface area contributed by atoms with Crippen LogP contribution in [0.4, 0.5) is 0 Å². The molecule has 0 aliphatic heterocycles. The van der Waals surface area contributed by atoms with Crippen molar-refractivity contribution in [2.24, 2.45) is 5.10 Å². The molecular formula is C18H16N2O2S. The number of nitrogens with zero attached hydrogens (tertiary/aromatic N) is 1. The molecular weight excluding hydrogens is 308 g/mol. The van der Waals surface area contributed by atoms with E-state index in [4.69, 9.17) is 4.42 Å². The summed E-state index contributed by atoms with van der Waals surface area (Å²) in [6.07, 6.45) is 3.38. The van der Waals surface area contributed by atoms with Crippen molar-refractivity contribution in [2.75, 3.05) is 0 Å². The zero-order valence-electron chi connectivity index (χ0n) is 12.8. The summed E-state index contributed by atoms with van der Waals surface area (Å²) in [5, 5.41) is 5.20. The maximum atomic E-state index is 12.2. The van der Waals surface area contributed by atoms with Crippen molar-refractivity contribution in [1.82, 2.24) is 5.43 Å². The Kier molecular flexibility index (Phi) is 3.50. The number of rotatable bonds is 3. The molecule has 1 amide bonds. The third-order valence-electron chi connectivity index (χ3n) is 4.08. The zero-order chi connectivity index (χ0) is 15.8. The van der Waals surface area contributed by atoms with Crippen LogP contribution >= 0.6 is 11.3 Å². The van der Waals surface area contributed by atoms with Crippen LogP contribution in [0.15, 0.2) is 45.9 Å². The van der Waals surface area contributed by atoms with E-state index in [1.54, 1.807) is 11.3 Å². The van der Waals surface area contributed by atoms with Gasteiger partial charge in [0.25, 0.3) is 5.91 Å². The molecule has 4 nitrogen and oxygen atoms in total. The first-order chi connectivity index (χ1) is 11.2. The van der Waals surface area contributed by atoms with Gasteiger partial charge in [-0.1, -0.05) is 18.2 Å². The third kappa shape index (κ3) is 2.68. The van der Waals surface area contributed by atoms with Gasteiger partial charge in [0.15, 0.2) is 5.76 Å². The Morgan fingerprint density at radius 3 is 2.96 bits per heavy atom. The molecule has 23 heavy (non-hydrogen) atoms. The number of hydrogen-bond donors (Lipinski definition) is 1. The first-order valence-electron chi connectivity index (χ1n) is 7.66. The Labute approximate surface area is 137 Å². The van der Waals surface area contributed by atoms with Crippen LogP contribution in [0.25, 0.3) is 11.0 Å². The van der Waals surface area contributed by atoms with Crippen molar-refractivity contribution >= 4 is 33.9 Å². The molecule has 1 aliphatic carbocycles. The van der Waals surface area contributed by atoms with Crippen LogP contribution in [0.3, 0.4) is 0 Å². The molecule has 2 heterocycles. The van der Waals surface area contributed by atoms with Crippen LogP contribution in [0.1, 0.15) is 39.2 Å². The van der Waals surface area contributed by atoms with Crippen molar-refractivity contribution in [2.45, 2.75) is 26.2 Å².